The van der Waals surface area contributed by atoms with Crippen molar-refractivity contribution in [1.29, 1.82) is 0 Å². The topological polar surface area (TPSA) is 26.3 Å². The van der Waals surface area contributed by atoms with E-state index >= 15 is 0 Å². The second-order valence-corrected chi connectivity index (χ2v) is 3.46. The number of carbonyl (C=O) groups excluding carboxylic acids is 1. The zero-order chi connectivity index (χ0) is 9.94. The van der Waals surface area contributed by atoms with Crippen LogP contribution < -0.4 is 0 Å². The summed E-state index contributed by atoms with van der Waals surface area (Å²) in [6.07, 6.45) is 7.88. The minimum Gasteiger partial charge on any atom is -0.481 e. The third-order valence-corrected chi connectivity index (χ3v) is 2.05. The zero-order valence-electron chi connectivity index (χ0n) is 8.25. The highest BCUT2D eigenvalue weighted by Crippen LogP contribution is 2.04. The Morgan fingerprint density at radius 2 is 1.85 bits per heavy atom. The fourth-order valence-electron chi connectivity index (χ4n) is 1.09. The fourth-order valence-corrected chi connectivity index (χ4v) is 1.17. The molecule has 0 rings (SSSR count). The Balaban J connectivity index is 2.99. The van der Waals surface area contributed by atoms with Gasteiger partial charge in [0.15, 0.2) is 6.29 Å². The molecule has 0 radical (unpaired) electrons. The summed E-state index contributed by atoms with van der Waals surface area (Å²) in [6.45, 7) is 2.79. The van der Waals surface area contributed by atoms with Crippen LogP contribution in [-0.4, -0.2) is 17.9 Å². The first-order valence-electron chi connectivity index (χ1n) is 4.93. The standard InChI is InChI=1S/C10H18O2S/c1-2-3-4-5-6-7-8-12-10(13)9-11/h9H,2-8H2,1H3. The molecule has 13 heavy (non-hydrogen) atoms. The Bertz CT molecular complexity index is 146. The van der Waals surface area contributed by atoms with E-state index in [1.165, 1.54) is 32.1 Å². The van der Waals surface area contributed by atoms with Gasteiger partial charge >= 0.3 is 0 Å². The number of hydrogen-bond donors (Lipinski definition) is 0. The molecule has 0 atom stereocenters. The molecule has 0 spiro atoms. The van der Waals surface area contributed by atoms with Crippen molar-refractivity contribution in [2.45, 2.75) is 45.4 Å². The molecule has 0 aliphatic rings. The molecule has 0 aromatic carbocycles. The van der Waals surface area contributed by atoms with Crippen molar-refractivity contribution in [3.05, 3.63) is 0 Å². The van der Waals surface area contributed by atoms with E-state index < -0.39 is 0 Å². The molecule has 0 N–H and O–H groups in total. The summed E-state index contributed by atoms with van der Waals surface area (Å²) in [6, 6.07) is 0. The van der Waals surface area contributed by atoms with E-state index in [0.717, 1.165) is 6.42 Å². The van der Waals surface area contributed by atoms with Gasteiger partial charge in [0.1, 0.15) is 0 Å². The van der Waals surface area contributed by atoms with Gasteiger partial charge in [0.05, 0.1) is 6.61 Å². The van der Waals surface area contributed by atoms with Crippen LogP contribution in [0.25, 0.3) is 0 Å². The SMILES string of the molecule is CCCCCCCCOC(=S)C=O. The lowest BCUT2D eigenvalue weighted by Gasteiger charge is -2.02. The van der Waals surface area contributed by atoms with E-state index in [0.29, 0.717) is 12.9 Å². The van der Waals surface area contributed by atoms with E-state index in [1.807, 2.05) is 0 Å². The van der Waals surface area contributed by atoms with Gasteiger partial charge in [0.25, 0.3) is 0 Å². The van der Waals surface area contributed by atoms with Crippen LogP contribution in [0, 0.1) is 0 Å². The molecule has 0 saturated heterocycles. The highest BCUT2D eigenvalue weighted by Gasteiger charge is 1.93. The Morgan fingerprint density at radius 3 is 2.46 bits per heavy atom. The lowest BCUT2D eigenvalue weighted by molar-refractivity contribution is -0.103. The summed E-state index contributed by atoms with van der Waals surface area (Å²) in [7, 11) is 0. The summed E-state index contributed by atoms with van der Waals surface area (Å²) < 4.78 is 4.96. The van der Waals surface area contributed by atoms with Gasteiger partial charge in [-0.3, -0.25) is 4.79 Å². The molecule has 76 valence electrons. The average Bonchev–Trinajstić information content (AvgIpc) is 2.16. The van der Waals surface area contributed by atoms with Gasteiger partial charge in [-0.2, -0.15) is 0 Å². The molecule has 0 aliphatic heterocycles. The number of ether oxygens (including phenoxy) is 1. The molecule has 0 aliphatic carbocycles. The average molecular weight is 202 g/mol. The molecule has 0 saturated carbocycles. The van der Waals surface area contributed by atoms with Crippen molar-refractivity contribution in [2.75, 3.05) is 6.61 Å². The van der Waals surface area contributed by atoms with Crippen molar-refractivity contribution >= 4 is 23.6 Å². The molecule has 0 unspecified atom stereocenters. The van der Waals surface area contributed by atoms with Gasteiger partial charge in [-0.05, 0) is 18.6 Å². The maximum atomic E-state index is 10.0. The van der Waals surface area contributed by atoms with Gasteiger partial charge in [-0.1, -0.05) is 39.0 Å². The van der Waals surface area contributed by atoms with Crippen LogP contribution >= 0.6 is 12.2 Å². The normalized spacial score (nSPS) is 9.62. The van der Waals surface area contributed by atoms with Crippen molar-refractivity contribution in [2.24, 2.45) is 0 Å². The largest absolute Gasteiger partial charge is 0.481 e. The highest BCUT2D eigenvalue weighted by molar-refractivity contribution is 7.81. The van der Waals surface area contributed by atoms with Crippen LogP contribution in [-0.2, 0) is 9.53 Å². The molecule has 0 fully saturated rings. The summed E-state index contributed by atoms with van der Waals surface area (Å²) in [5, 5.41) is 0.0774. The predicted molar refractivity (Wildman–Crippen MR) is 58.0 cm³/mol. The van der Waals surface area contributed by atoms with Gasteiger partial charge in [-0.15, -0.1) is 0 Å². The van der Waals surface area contributed by atoms with Crippen LogP contribution in [0.5, 0.6) is 0 Å². The smallest absolute Gasteiger partial charge is 0.224 e. The lowest BCUT2D eigenvalue weighted by atomic mass is 10.1. The Morgan fingerprint density at radius 1 is 1.23 bits per heavy atom. The first kappa shape index (κ1) is 12.6. The molecule has 0 heterocycles. The van der Waals surface area contributed by atoms with E-state index in [-0.39, 0.29) is 5.05 Å². The number of rotatable bonds is 8. The second-order valence-electron chi connectivity index (χ2n) is 3.05. The van der Waals surface area contributed by atoms with Crippen LogP contribution in [0.2, 0.25) is 0 Å². The summed E-state index contributed by atoms with van der Waals surface area (Å²) in [5.41, 5.74) is 0. The Kier molecular flexibility index (Phi) is 9.32. The lowest BCUT2D eigenvalue weighted by Crippen LogP contribution is -2.03. The monoisotopic (exact) mass is 202 g/mol. The van der Waals surface area contributed by atoms with Gasteiger partial charge in [0.2, 0.25) is 5.05 Å². The van der Waals surface area contributed by atoms with E-state index in [1.54, 1.807) is 0 Å². The van der Waals surface area contributed by atoms with Crippen LogP contribution in [0.1, 0.15) is 45.4 Å². The minimum absolute atomic E-state index is 0.0774. The number of aldehydes is 1. The Hall–Kier alpha value is -0.440. The molecular weight excluding hydrogens is 184 g/mol. The summed E-state index contributed by atoms with van der Waals surface area (Å²) in [5.74, 6) is 0. The molecule has 2 nitrogen and oxygen atoms in total. The summed E-state index contributed by atoms with van der Waals surface area (Å²) in [4.78, 5) is 10.0. The van der Waals surface area contributed by atoms with Gasteiger partial charge in [-0.25, -0.2) is 0 Å². The predicted octanol–water partition coefficient (Wildman–Crippen LogP) is 2.89. The van der Waals surface area contributed by atoms with Crippen molar-refractivity contribution < 1.29 is 9.53 Å². The molecule has 0 aromatic rings. The highest BCUT2D eigenvalue weighted by atomic mass is 32.1. The number of thiocarbonyl (C=S) groups is 1. The molecule has 0 bridgehead atoms. The quantitative estimate of drug-likeness (QED) is 0.344. The molecular formula is C10H18O2S. The van der Waals surface area contributed by atoms with E-state index in [9.17, 15) is 4.79 Å². The molecule has 0 aromatic heterocycles. The van der Waals surface area contributed by atoms with Crippen LogP contribution in [0.15, 0.2) is 0 Å². The van der Waals surface area contributed by atoms with Crippen molar-refractivity contribution in [3.8, 4) is 0 Å². The number of carbonyl (C=O) groups is 1. The third-order valence-electron chi connectivity index (χ3n) is 1.84. The summed E-state index contributed by atoms with van der Waals surface area (Å²) >= 11 is 4.58. The van der Waals surface area contributed by atoms with Crippen LogP contribution in [0.4, 0.5) is 0 Å². The van der Waals surface area contributed by atoms with Crippen molar-refractivity contribution in [1.82, 2.24) is 0 Å². The van der Waals surface area contributed by atoms with Crippen LogP contribution in [0.3, 0.4) is 0 Å². The fraction of sp³-hybridized carbons (Fsp3) is 0.800. The maximum Gasteiger partial charge on any atom is 0.224 e. The van der Waals surface area contributed by atoms with Crippen molar-refractivity contribution in [3.63, 3.8) is 0 Å². The zero-order valence-corrected chi connectivity index (χ0v) is 9.07. The van der Waals surface area contributed by atoms with E-state index in [2.05, 4.69) is 19.1 Å². The third kappa shape index (κ3) is 9.47. The molecule has 3 heteroatoms. The number of unbranched alkanes of at least 4 members (excludes halogenated alkanes) is 5. The second kappa shape index (κ2) is 9.65. The van der Waals surface area contributed by atoms with Gasteiger partial charge in [0, 0.05) is 0 Å². The number of hydrogen-bond acceptors (Lipinski definition) is 3. The molecule has 0 amide bonds. The first-order valence-corrected chi connectivity index (χ1v) is 5.34. The Labute approximate surface area is 85.7 Å². The van der Waals surface area contributed by atoms with E-state index in [4.69, 9.17) is 4.74 Å². The first-order chi connectivity index (χ1) is 6.31. The maximum absolute atomic E-state index is 10.0. The minimum atomic E-state index is 0.0774. The van der Waals surface area contributed by atoms with Gasteiger partial charge < -0.3 is 4.74 Å².